The molecule has 33 heavy (non-hydrogen) atoms. The van der Waals surface area contributed by atoms with Gasteiger partial charge in [-0.15, -0.1) is 0 Å². The largest absolute Gasteiger partial charge is 0.497 e. The van der Waals surface area contributed by atoms with Crippen LogP contribution in [0.4, 0.5) is 11.4 Å². The van der Waals surface area contributed by atoms with Crippen molar-refractivity contribution in [2.24, 2.45) is 0 Å². The third-order valence-corrected chi connectivity index (χ3v) is 4.75. The maximum absolute atomic E-state index is 12.1. The van der Waals surface area contributed by atoms with Gasteiger partial charge in [-0.1, -0.05) is 24.3 Å². The average molecular weight is 451 g/mol. The smallest absolute Gasteiger partial charge is 0.280 e. The van der Waals surface area contributed by atoms with Gasteiger partial charge in [-0.3, -0.25) is 25.0 Å². The van der Waals surface area contributed by atoms with Gasteiger partial charge < -0.3 is 14.8 Å². The fourth-order valence-corrected chi connectivity index (χ4v) is 2.99. The second-order valence-corrected chi connectivity index (χ2v) is 7.07. The van der Waals surface area contributed by atoms with E-state index >= 15 is 0 Å². The van der Waals surface area contributed by atoms with Crippen LogP contribution in [0.25, 0.3) is 0 Å². The summed E-state index contributed by atoms with van der Waals surface area (Å²) in [5.74, 6) is 1.01. The first-order valence-corrected chi connectivity index (χ1v) is 9.94. The van der Waals surface area contributed by atoms with E-state index < -0.39 is 21.2 Å². The topological polar surface area (TPSA) is 134 Å². The summed E-state index contributed by atoms with van der Waals surface area (Å²) >= 11 is 0. The molecule has 3 rings (SSSR count). The summed E-state index contributed by atoms with van der Waals surface area (Å²) < 4.78 is 10.7. The van der Waals surface area contributed by atoms with E-state index in [2.05, 4.69) is 5.32 Å². The van der Waals surface area contributed by atoms with Gasteiger partial charge >= 0.3 is 0 Å². The van der Waals surface area contributed by atoms with E-state index in [1.54, 1.807) is 31.4 Å². The Morgan fingerprint density at radius 1 is 0.818 bits per heavy atom. The lowest BCUT2D eigenvalue weighted by molar-refractivity contribution is -0.394. The molecule has 1 amide bonds. The monoisotopic (exact) mass is 451 g/mol. The van der Waals surface area contributed by atoms with Crippen molar-refractivity contribution in [3.05, 3.63) is 98.1 Å². The molecule has 0 saturated heterocycles. The van der Waals surface area contributed by atoms with E-state index in [1.807, 2.05) is 24.3 Å². The molecule has 170 valence electrons. The number of methoxy groups -OCH3 is 1. The third kappa shape index (κ3) is 6.76. The molecule has 0 heterocycles. The van der Waals surface area contributed by atoms with Crippen LogP contribution in [0.5, 0.6) is 17.2 Å². The van der Waals surface area contributed by atoms with Crippen LogP contribution in [0.2, 0.25) is 0 Å². The number of non-ortho nitro benzene ring substituents is 2. The van der Waals surface area contributed by atoms with Gasteiger partial charge in [0, 0.05) is 13.0 Å². The summed E-state index contributed by atoms with van der Waals surface area (Å²) in [6.07, 6.45) is 0.810. The van der Waals surface area contributed by atoms with Crippen molar-refractivity contribution < 1.29 is 24.1 Å². The molecule has 0 fully saturated rings. The SMILES string of the molecule is COc1ccc(CNC(=O)CCc2ccc(Oc3cc([N+](=O)[O-])cc([N+](=O)[O-])c3)cc2)cc1. The number of hydrogen-bond acceptors (Lipinski definition) is 7. The van der Waals surface area contributed by atoms with Gasteiger partial charge in [0.05, 0.1) is 35.2 Å². The van der Waals surface area contributed by atoms with E-state index in [1.165, 1.54) is 0 Å². The number of ether oxygens (including phenoxy) is 2. The molecule has 0 spiro atoms. The second kappa shape index (κ2) is 10.7. The molecule has 0 bridgehead atoms. The minimum absolute atomic E-state index is 0.0124. The molecular weight excluding hydrogens is 430 g/mol. The number of rotatable bonds is 10. The van der Waals surface area contributed by atoms with Gasteiger partial charge in [0.15, 0.2) is 0 Å². The third-order valence-electron chi connectivity index (χ3n) is 4.75. The van der Waals surface area contributed by atoms with Crippen molar-refractivity contribution in [2.45, 2.75) is 19.4 Å². The number of nitrogens with one attached hydrogen (secondary N) is 1. The highest BCUT2D eigenvalue weighted by molar-refractivity contribution is 5.76. The molecule has 10 nitrogen and oxygen atoms in total. The average Bonchev–Trinajstić information content (AvgIpc) is 2.82. The summed E-state index contributed by atoms with van der Waals surface area (Å²) in [4.78, 5) is 32.7. The first-order valence-electron chi connectivity index (χ1n) is 9.94. The Balaban J connectivity index is 1.53. The van der Waals surface area contributed by atoms with Gasteiger partial charge in [0.2, 0.25) is 5.91 Å². The molecule has 0 unspecified atom stereocenters. The summed E-state index contributed by atoms with van der Waals surface area (Å²) in [7, 11) is 1.59. The number of carbonyl (C=O) groups is 1. The van der Waals surface area contributed by atoms with Gasteiger partial charge in [0.1, 0.15) is 17.2 Å². The molecule has 0 aliphatic carbocycles. The van der Waals surface area contributed by atoms with Crippen LogP contribution in [-0.2, 0) is 17.8 Å². The number of nitro benzene ring substituents is 2. The lowest BCUT2D eigenvalue weighted by Crippen LogP contribution is -2.22. The maximum Gasteiger partial charge on any atom is 0.280 e. The molecule has 0 aliphatic rings. The summed E-state index contributed by atoms with van der Waals surface area (Å²) in [5, 5.41) is 24.9. The number of nitro groups is 2. The summed E-state index contributed by atoms with van der Waals surface area (Å²) in [6, 6.07) is 17.3. The van der Waals surface area contributed by atoms with Crippen molar-refractivity contribution in [1.29, 1.82) is 0 Å². The standard InChI is InChI=1S/C23H21N3O7/c1-32-20-7-4-17(5-8-20)15-24-23(27)11-6-16-2-9-21(10-3-16)33-22-13-18(25(28)29)12-19(14-22)26(30)31/h2-5,7-10,12-14H,6,11,15H2,1H3,(H,24,27). The van der Waals surface area contributed by atoms with Crippen LogP contribution < -0.4 is 14.8 Å². The molecule has 1 N–H and O–H groups in total. The number of nitrogens with zero attached hydrogens (tertiary/aromatic N) is 2. The van der Waals surface area contributed by atoms with Crippen molar-refractivity contribution in [3.63, 3.8) is 0 Å². The fraction of sp³-hybridized carbons (Fsp3) is 0.174. The van der Waals surface area contributed by atoms with Gasteiger partial charge in [-0.2, -0.15) is 0 Å². The van der Waals surface area contributed by atoms with E-state index in [-0.39, 0.29) is 11.7 Å². The second-order valence-electron chi connectivity index (χ2n) is 7.07. The first kappa shape index (κ1) is 23.2. The van der Waals surface area contributed by atoms with E-state index in [0.29, 0.717) is 25.1 Å². The highest BCUT2D eigenvalue weighted by Gasteiger charge is 2.17. The normalized spacial score (nSPS) is 10.3. The maximum atomic E-state index is 12.1. The number of aryl methyl sites for hydroxylation is 1. The van der Waals surface area contributed by atoms with Crippen molar-refractivity contribution in [1.82, 2.24) is 5.32 Å². The lowest BCUT2D eigenvalue weighted by Gasteiger charge is -2.08. The zero-order valence-electron chi connectivity index (χ0n) is 17.7. The zero-order chi connectivity index (χ0) is 23.8. The van der Waals surface area contributed by atoms with Crippen LogP contribution >= 0.6 is 0 Å². The van der Waals surface area contributed by atoms with E-state index in [0.717, 1.165) is 35.1 Å². The molecule has 3 aromatic rings. The minimum atomic E-state index is -0.720. The Hall–Kier alpha value is -4.47. The number of amides is 1. The molecule has 0 aliphatic heterocycles. The van der Waals surface area contributed by atoms with Crippen LogP contribution in [-0.4, -0.2) is 22.9 Å². The molecule has 0 radical (unpaired) electrons. The Morgan fingerprint density at radius 3 is 1.91 bits per heavy atom. The van der Waals surface area contributed by atoms with Crippen LogP contribution in [0.1, 0.15) is 17.5 Å². The zero-order valence-corrected chi connectivity index (χ0v) is 17.7. The lowest BCUT2D eigenvalue weighted by atomic mass is 10.1. The highest BCUT2D eigenvalue weighted by atomic mass is 16.6. The highest BCUT2D eigenvalue weighted by Crippen LogP contribution is 2.30. The predicted molar refractivity (Wildman–Crippen MR) is 119 cm³/mol. The summed E-state index contributed by atoms with van der Waals surface area (Å²) in [5.41, 5.74) is 0.993. The summed E-state index contributed by atoms with van der Waals surface area (Å²) in [6.45, 7) is 0.422. The number of hydrogen-bond donors (Lipinski definition) is 1. The Kier molecular flexibility index (Phi) is 7.53. The molecule has 0 aromatic heterocycles. The van der Waals surface area contributed by atoms with Crippen molar-refractivity contribution >= 4 is 17.3 Å². The molecule has 0 atom stereocenters. The Bertz CT molecular complexity index is 1110. The number of benzene rings is 3. The first-order chi connectivity index (χ1) is 15.8. The van der Waals surface area contributed by atoms with Gasteiger partial charge in [-0.25, -0.2) is 0 Å². The van der Waals surface area contributed by atoms with E-state index in [9.17, 15) is 25.0 Å². The quantitative estimate of drug-likeness (QED) is 0.353. The number of carbonyl (C=O) groups excluding carboxylic acids is 1. The molecular formula is C23H21N3O7. The Labute approximate surface area is 189 Å². The minimum Gasteiger partial charge on any atom is -0.497 e. The van der Waals surface area contributed by atoms with Gasteiger partial charge in [0.25, 0.3) is 11.4 Å². The molecule has 10 heteroatoms. The Morgan fingerprint density at radius 2 is 1.36 bits per heavy atom. The van der Waals surface area contributed by atoms with Crippen molar-refractivity contribution in [2.75, 3.05) is 7.11 Å². The van der Waals surface area contributed by atoms with E-state index in [4.69, 9.17) is 9.47 Å². The van der Waals surface area contributed by atoms with Crippen LogP contribution in [0.15, 0.2) is 66.7 Å². The molecule has 3 aromatic carbocycles. The predicted octanol–water partition coefficient (Wildman–Crippen LogP) is 4.55. The fourth-order valence-electron chi connectivity index (χ4n) is 2.99. The molecule has 0 saturated carbocycles. The van der Waals surface area contributed by atoms with Gasteiger partial charge in [-0.05, 0) is 41.8 Å². The van der Waals surface area contributed by atoms with Crippen LogP contribution in [0.3, 0.4) is 0 Å². The van der Waals surface area contributed by atoms with Crippen molar-refractivity contribution in [3.8, 4) is 17.2 Å². The van der Waals surface area contributed by atoms with Crippen LogP contribution in [0, 0.1) is 20.2 Å².